The molecular weight excluding hydrogens is 442 g/mol. The van der Waals surface area contributed by atoms with Crippen LogP contribution in [0.25, 0.3) is 0 Å². The third kappa shape index (κ3) is 6.73. The minimum Gasteiger partial charge on any atom is -0.490 e. The zero-order chi connectivity index (χ0) is 23.9. The Balaban J connectivity index is 1.15. The molecule has 2 aliphatic heterocycles. The van der Waals surface area contributed by atoms with Crippen molar-refractivity contribution in [3.05, 3.63) is 65.2 Å². The van der Waals surface area contributed by atoms with E-state index in [1.165, 1.54) is 0 Å². The predicted octanol–water partition coefficient (Wildman–Crippen LogP) is 2.31. The SMILES string of the molecule is N#Cc1ccc(CNC(=O)CN2CC3CN(CCCOc4cc(F)ccc4F)CC(C2)O3)cc1. The number of halogens is 2. The molecule has 180 valence electrons. The van der Waals surface area contributed by atoms with Gasteiger partial charge in [-0.2, -0.15) is 5.26 Å². The molecule has 0 aliphatic carbocycles. The van der Waals surface area contributed by atoms with E-state index in [4.69, 9.17) is 14.7 Å². The summed E-state index contributed by atoms with van der Waals surface area (Å²) in [5, 5.41) is 11.8. The number of nitriles is 1. The average Bonchev–Trinajstić information content (AvgIpc) is 2.82. The monoisotopic (exact) mass is 470 g/mol. The summed E-state index contributed by atoms with van der Waals surface area (Å²) in [6, 6.07) is 12.4. The van der Waals surface area contributed by atoms with E-state index in [2.05, 4.69) is 21.2 Å². The van der Waals surface area contributed by atoms with E-state index in [-0.39, 0.29) is 23.9 Å². The van der Waals surface area contributed by atoms with Crippen LogP contribution in [0.15, 0.2) is 42.5 Å². The van der Waals surface area contributed by atoms with Gasteiger partial charge in [0.1, 0.15) is 5.82 Å². The first-order valence-corrected chi connectivity index (χ1v) is 11.4. The summed E-state index contributed by atoms with van der Waals surface area (Å²) in [7, 11) is 0. The van der Waals surface area contributed by atoms with Crippen LogP contribution in [-0.4, -0.2) is 73.8 Å². The first-order valence-electron chi connectivity index (χ1n) is 11.4. The molecule has 2 aromatic rings. The predicted molar refractivity (Wildman–Crippen MR) is 121 cm³/mol. The molecule has 2 atom stereocenters. The van der Waals surface area contributed by atoms with Gasteiger partial charge in [0, 0.05) is 45.3 Å². The number of benzene rings is 2. The number of hydrogen-bond donors (Lipinski definition) is 1. The Labute approximate surface area is 197 Å². The first kappa shape index (κ1) is 24.1. The highest BCUT2D eigenvalue weighted by atomic mass is 19.1. The summed E-state index contributed by atoms with van der Waals surface area (Å²) in [5.74, 6) is -1.19. The van der Waals surface area contributed by atoms with Crippen LogP contribution in [0, 0.1) is 23.0 Å². The van der Waals surface area contributed by atoms with E-state index in [0.717, 1.165) is 43.4 Å². The highest BCUT2D eigenvalue weighted by molar-refractivity contribution is 5.78. The standard InChI is InChI=1S/C25H28F2N4O3/c26-20-6-7-23(27)24(10-20)33-9-1-8-30-13-21-15-31(16-22(14-30)34-21)17-25(32)29-12-19-4-2-18(11-28)3-5-19/h2-7,10,21-22H,1,8-9,12-17H2,(H,29,32). The Morgan fingerprint density at radius 3 is 2.50 bits per heavy atom. The second-order valence-electron chi connectivity index (χ2n) is 8.70. The molecule has 0 radical (unpaired) electrons. The molecule has 2 aromatic carbocycles. The third-order valence-electron chi connectivity index (χ3n) is 5.94. The maximum absolute atomic E-state index is 13.6. The van der Waals surface area contributed by atoms with Crippen LogP contribution in [-0.2, 0) is 16.1 Å². The van der Waals surface area contributed by atoms with Crippen molar-refractivity contribution >= 4 is 5.91 Å². The highest BCUT2D eigenvalue weighted by Gasteiger charge is 2.35. The molecule has 2 bridgehead atoms. The van der Waals surface area contributed by atoms with Gasteiger partial charge in [-0.1, -0.05) is 12.1 Å². The Hall–Kier alpha value is -3.06. The number of carbonyl (C=O) groups excluding carboxylic acids is 1. The Bertz CT molecular complexity index is 1010. The fraction of sp³-hybridized carbons (Fsp3) is 0.440. The van der Waals surface area contributed by atoms with Gasteiger partial charge < -0.3 is 14.8 Å². The molecule has 1 amide bonds. The molecule has 0 aromatic heterocycles. The zero-order valence-electron chi connectivity index (χ0n) is 18.9. The van der Waals surface area contributed by atoms with Crippen LogP contribution >= 0.6 is 0 Å². The van der Waals surface area contributed by atoms with Crippen LogP contribution in [0.2, 0.25) is 0 Å². The number of amides is 1. The normalized spacial score (nSPS) is 20.5. The van der Waals surface area contributed by atoms with Gasteiger partial charge >= 0.3 is 0 Å². The lowest BCUT2D eigenvalue weighted by Crippen LogP contribution is -2.60. The molecule has 2 heterocycles. The summed E-state index contributed by atoms with van der Waals surface area (Å²) >= 11 is 0. The average molecular weight is 471 g/mol. The van der Waals surface area contributed by atoms with Gasteiger partial charge in [-0.05, 0) is 36.2 Å². The van der Waals surface area contributed by atoms with Gasteiger partial charge in [0.15, 0.2) is 11.6 Å². The maximum atomic E-state index is 13.6. The molecule has 34 heavy (non-hydrogen) atoms. The molecule has 2 aliphatic rings. The maximum Gasteiger partial charge on any atom is 0.234 e. The summed E-state index contributed by atoms with van der Waals surface area (Å²) in [5.41, 5.74) is 1.54. The number of carbonyl (C=O) groups is 1. The second-order valence-corrected chi connectivity index (χ2v) is 8.70. The van der Waals surface area contributed by atoms with Crippen LogP contribution in [0.1, 0.15) is 17.5 Å². The number of nitrogens with one attached hydrogen (secondary N) is 1. The number of morpholine rings is 2. The van der Waals surface area contributed by atoms with Gasteiger partial charge in [-0.15, -0.1) is 0 Å². The Morgan fingerprint density at radius 1 is 1.09 bits per heavy atom. The van der Waals surface area contributed by atoms with Gasteiger partial charge in [-0.3, -0.25) is 14.6 Å². The van der Waals surface area contributed by atoms with Crippen LogP contribution in [0.4, 0.5) is 8.78 Å². The molecule has 0 saturated carbocycles. The van der Waals surface area contributed by atoms with Crippen molar-refractivity contribution < 1.29 is 23.0 Å². The quantitative estimate of drug-likeness (QED) is 0.567. The third-order valence-corrected chi connectivity index (χ3v) is 5.94. The van der Waals surface area contributed by atoms with Crippen molar-refractivity contribution in [2.75, 3.05) is 45.9 Å². The minimum absolute atomic E-state index is 0.0282. The van der Waals surface area contributed by atoms with E-state index >= 15 is 0 Å². The lowest BCUT2D eigenvalue weighted by Gasteiger charge is -2.45. The summed E-state index contributed by atoms with van der Waals surface area (Å²) in [6.07, 6.45) is 0.748. The van der Waals surface area contributed by atoms with Crippen LogP contribution in [0.3, 0.4) is 0 Å². The second kappa shape index (κ2) is 11.4. The van der Waals surface area contributed by atoms with Gasteiger partial charge in [0.25, 0.3) is 0 Å². The van der Waals surface area contributed by atoms with Gasteiger partial charge in [0.05, 0.1) is 37.0 Å². The minimum atomic E-state index is -0.566. The first-order chi connectivity index (χ1) is 16.5. The fourth-order valence-corrected chi connectivity index (χ4v) is 4.39. The molecule has 7 nitrogen and oxygen atoms in total. The summed E-state index contributed by atoms with van der Waals surface area (Å²) in [6.45, 7) is 4.71. The molecule has 9 heteroatoms. The lowest BCUT2D eigenvalue weighted by atomic mass is 10.1. The van der Waals surface area contributed by atoms with Crippen molar-refractivity contribution in [2.45, 2.75) is 25.2 Å². The highest BCUT2D eigenvalue weighted by Crippen LogP contribution is 2.20. The van der Waals surface area contributed by atoms with Crippen LogP contribution in [0.5, 0.6) is 5.75 Å². The van der Waals surface area contributed by atoms with Crippen molar-refractivity contribution in [3.8, 4) is 11.8 Å². The largest absolute Gasteiger partial charge is 0.490 e. The van der Waals surface area contributed by atoms with Crippen LogP contribution < -0.4 is 10.1 Å². The molecule has 2 unspecified atom stereocenters. The number of fused-ring (bicyclic) bond motifs is 2. The fourth-order valence-electron chi connectivity index (χ4n) is 4.39. The van der Waals surface area contributed by atoms with E-state index in [0.29, 0.717) is 44.8 Å². The number of rotatable bonds is 9. The number of ether oxygens (including phenoxy) is 2. The van der Waals surface area contributed by atoms with Crippen molar-refractivity contribution in [3.63, 3.8) is 0 Å². The van der Waals surface area contributed by atoms with E-state index in [9.17, 15) is 13.6 Å². The zero-order valence-corrected chi connectivity index (χ0v) is 18.9. The molecule has 0 spiro atoms. The molecule has 1 N–H and O–H groups in total. The van der Waals surface area contributed by atoms with E-state index in [1.54, 1.807) is 12.1 Å². The van der Waals surface area contributed by atoms with Crippen molar-refractivity contribution in [1.82, 2.24) is 15.1 Å². The lowest BCUT2D eigenvalue weighted by molar-refractivity contribution is -0.145. The number of nitrogens with zero attached hydrogens (tertiary/aromatic N) is 3. The number of hydrogen-bond acceptors (Lipinski definition) is 6. The Morgan fingerprint density at radius 2 is 1.79 bits per heavy atom. The van der Waals surface area contributed by atoms with E-state index in [1.807, 2.05) is 12.1 Å². The molecule has 2 saturated heterocycles. The van der Waals surface area contributed by atoms with E-state index < -0.39 is 11.6 Å². The smallest absolute Gasteiger partial charge is 0.234 e. The molecular formula is C25H28F2N4O3. The topological polar surface area (TPSA) is 77.8 Å². The van der Waals surface area contributed by atoms with Crippen molar-refractivity contribution in [2.24, 2.45) is 0 Å². The molecule has 4 rings (SSSR count). The summed E-state index contributed by atoms with van der Waals surface area (Å²) < 4.78 is 38.3. The molecule has 2 fully saturated rings. The Kier molecular flexibility index (Phi) is 8.06. The summed E-state index contributed by atoms with van der Waals surface area (Å²) in [4.78, 5) is 16.8. The van der Waals surface area contributed by atoms with Crippen molar-refractivity contribution in [1.29, 1.82) is 5.26 Å². The van der Waals surface area contributed by atoms with Gasteiger partial charge in [-0.25, -0.2) is 8.78 Å². The van der Waals surface area contributed by atoms with Gasteiger partial charge in [0.2, 0.25) is 5.91 Å².